The van der Waals surface area contributed by atoms with Crippen LogP contribution >= 0.6 is 11.6 Å². The predicted octanol–water partition coefficient (Wildman–Crippen LogP) is 2.91. The van der Waals surface area contributed by atoms with E-state index in [2.05, 4.69) is 21.8 Å². The summed E-state index contributed by atoms with van der Waals surface area (Å²) in [6.07, 6.45) is 6.42. The van der Waals surface area contributed by atoms with E-state index < -0.39 is 0 Å². The van der Waals surface area contributed by atoms with Gasteiger partial charge in [0.05, 0.1) is 13.3 Å². The van der Waals surface area contributed by atoms with Crippen molar-refractivity contribution in [2.45, 2.75) is 38.6 Å². The summed E-state index contributed by atoms with van der Waals surface area (Å²) in [5.41, 5.74) is 0. The highest BCUT2D eigenvalue weighted by Crippen LogP contribution is 2.31. The first-order valence-corrected chi connectivity index (χ1v) is 6.47. The molecule has 2 heterocycles. The lowest BCUT2D eigenvalue weighted by atomic mass is 10.0. The average Bonchev–Trinajstić information content (AvgIpc) is 2.39. The Kier molecular flexibility index (Phi) is 4.05. The van der Waals surface area contributed by atoms with Crippen molar-refractivity contribution >= 4 is 17.4 Å². The lowest BCUT2D eigenvalue weighted by Gasteiger charge is -2.36. The molecule has 2 rings (SSSR count). The molecular weight excluding hydrogens is 238 g/mol. The fraction of sp³-hybridized carbons (Fsp3) is 0.667. The molecule has 1 unspecified atom stereocenters. The maximum absolute atomic E-state index is 6.19. The van der Waals surface area contributed by atoms with Gasteiger partial charge in [0.1, 0.15) is 5.02 Å². The van der Waals surface area contributed by atoms with Crippen LogP contribution in [0.1, 0.15) is 32.6 Å². The number of halogens is 1. The Morgan fingerprint density at radius 3 is 3.06 bits per heavy atom. The zero-order valence-corrected chi connectivity index (χ0v) is 11.1. The number of anilines is 1. The molecule has 1 atom stereocenters. The lowest BCUT2D eigenvalue weighted by molar-refractivity contribution is 0.377. The highest BCUT2D eigenvalue weighted by molar-refractivity contribution is 6.32. The first-order valence-electron chi connectivity index (χ1n) is 6.09. The highest BCUT2D eigenvalue weighted by atomic mass is 35.5. The van der Waals surface area contributed by atoms with Gasteiger partial charge in [0.25, 0.3) is 0 Å². The topological polar surface area (TPSA) is 38.2 Å². The van der Waals surface area contributed by atoms with E-state index in [-0.39, 0.29) is 0 Å². The zero-order chi connectivity index (χ0) is 12.3. The number of methoxy groups -OCH3 is 1. The van der Waals surface area contributed by atoms with E-state index in [0.717, 1.165) is 18.8 Å². The molecule has 17 heavy (non-hydrogen) atoms. The minimum Gasteiger partial charge on any atom is -0.467 e. The standard InChI is InChI=1S/C12H18ClN3O/c1-3-9-6-4-5-7-16(9)11-10(13)8-14-12(15-11)17-2/h8-9H,3-7H2,1-2H3. The second-order valence-electron chi connectivity index (χ2n) is 4.28. The van der Waals surface area contributed by atoms with Gasteiger partial charge in [-0.15, -0.1) is 0 Å². The minimum atomic E-state index is 0.379. The molecule has 0 saturated carbocycles. The quantitative estimate of drug-likeness (QED) is 0.833. The van der Waals surface area contributed by atoms with Crippen LogP contribution in [0.3, 0.4) is 0 Å². The summed E-state index contributed by atoms with van der Waals surface area (Å²) < 4.78 is 5.06. The Morgan fingerprint density at radius 1 is 1.53 bits per heavy atom. The van der Waals surface area contributed by atoms with Crippen LogP contribution in [0.2, 0.25) is 5.02 Å². The second kappa shape index (κ2) is 5.54. The summed E-state index contributed by atoms with van der Waals surface area (Å²) in [6, 6.07) is 0.908. The molecule has 94 valence electrons. The molecule has 4 nitrogen and oxygen atoms in total. The van der Waals surface area contributed by atoms with E-state index in [1.165, 1.54) is 19.3 Å². The first kappa shape index (κ1) is 12.4. The van der Waals surface area contributed by atoms with Crippen LogP contribution in [0.15, 0.2) is 6.20 Å². The number of aromatic nitrogens is 2. The third-order valence-electron chi connectivity index (χ3n) is 3.26. The molecule has 1 aliphatic rings. The van der Waals surface area contributed by atoms with Crippen molar-refractivity contribution < 1.29 is 4.74 Å². The van der Waals surface area contributed by atoms with Crippen molar-refractivity contribution in [2.75, 3.05) is 18.6 Å². The van der Waals surface area contributed by atoms with Crippen LogP contribution in [-0.2, 0) is 0 Å². The van der Waals surface area contributed by atoms with Crippen LogP contribution in [0.5, 0.6) is 6.01 Å². The number of hydrogen-bond donors (Lipinski definition) is 0. The van der Waals surface area contributed by atoms with Gasteiger partial charge in [-0.2, -0.15) is 4.98 Å². The number of rotatable bonds is 3. The third-order valence-corrected chi connectivity index (χ3v) is 3.52. The van der Waals surface area contributed by atoms with E-state index in [1.54, 1.807) is 13.3 Å². The predicted molar refractivity (Wildman–Crippen MR) is 68.9 cm³/mol. The van der Waals surface area contributed by atoms with E-state index in [9.17, 15) is 0 Å². The van der Waals surface area contributed by atoms with Gasteiger partial charge in [-0.25, -0.2) is 4.98 Å². The van der Waals surface area contributed by atoms with Crippen LogP contribution in [0, 0.1) is 0 Å². The van der Waals surface area contributed by atoms with Gasteiger partial charge in [-0.05, 0) is 25.7 Å². The van der Waals surface area contributed by atoms with Gasteiger partial charge in [0, 0.05) is 12.6 Å². The summed E-state index contributed by atoms with van der Waals surface area (Å²) in [5.74, 6) is 0.810. The molecule has 1 aliphatic heterocycles. The van der Waals surface area contributed by atoms with E-state index in [0.29, 0.717) is 17.1 Å². The Balaban J connectivity index is 2.30. The van der Waals surface area contributed by atoms with E-state index in [1.807, 2.05) is 0 Å². The fourth-order valence-electron chi connectivity index (χ4n) is 2.35. The number of nitrogens with zero attached hydrogens (tertiary/aromatic N) is 3. The first-order chi connectivity index (χ1) is 8.26. The molecular formula is C12H18ClN3O. The molecule has 0 bridgehead atoms. The third kappa shape index (κ3) is 2.63. The summed E-state index contributed by atoms with van der Waals surface area (Å²) in [7, 11) is 1.57. The van der Waals surface area contributed by atoms with Gasteiger partial charge < -0.3 is 9.64 Å². The van der Waals surface area contributed by atoms with Crippen LogP contribution in [0.4, 0.5) is 5.82 Å². The van der Waals surface area contributed by atoms with Crippen molar-refractivity contribution in [1.82, 2.24) is 9.97 Å². The molecule has 1 saturated heterocycles. The van der Waals surface area contributed by atoms with Crippen LogP contribution in [0.25, 0.3) is 0 Å². The number of ether oxygens (including phenoxy) is 1. The molecule has 0 spiro atoms. The van der Waals surface area contributed by atoms with E-state index in [4.69, 9.17) is 16.3 Å². The smallest absolute Gasteiger partial charge is 0.318 e. The Morgan fingerprint density at radius 2 is 2.35 bits per heavy atom. The van der Waals surface area contributed by atoms with Crippen LogP contribution < -0.4 is 9.64 Å². The number of hydrogen-bond acceptors (Lipinski definition) is 4. The molecule has 0 radical (unpaired) electrons. The van der Waals surface area contributed by atoms with E-state index >= 15 is 0 Å². The van der Waals surface area contributed by atoms with Crippen molar-refractivity contribution in [3.05, 3.63) is 11.2 Å². The molecule has 1 fully saturated rings. The lowest BCUT2D eigenvalue weighted by Crippen LogP contribution is -2.39. The molecule has 5 heteroatoms. The van der Waals surface area contributed by atoms with Gasteiger partial charge in [0.15, 0.2) is 5.82 Å². The Hall–Kier alpha value is -1.03. The summed E-state index contributed by atoms with van der Waals surface area (Å²) in [5, 5.41) is 0.603. The molecule has 0 aromatic carbocycles. The monoisotopic (exact) mass is 255 g/mol. The molecule has 0 amide bonds. The zero-order valence-electron chi connectivity index (χ0n) is 10.3. The van der Waals surface area contributed by atoms with Crippen molar-refractivity contribution in [1.29, 1.82) is 0 Å². The SMILES string of the molecule is CCC1CCCCN1c1nc(OC)ncc1Cl. The fourth-order valence-corrected chi connectivity index (χ4v) is 2.55. The molecule has 1 aromatic rings. The Bertz CT molecular complexity index is 386. The van der Waals surface area contributed by atoms with Crippen LogP contribution in [-0.4, -0.2) is 29.7 Å². The van der Waals surface area contributed by atoms with Gasteiger partial charge >= 0.3 is 6.01 Å². The minimum absolute atomic E-state index is 0.379. The maximum Gasteiger partial charge on any atom is 0.318 e. The van der Waals surface area contributed by atoms with Gasteiger partial charge in [-0.3, -0.25) is 0 Å². The van der Waals surface area contributed by atoms with Crippen molar-refractivity contribution in [2.24, 2.45) is 0 Å². The number of piperidine rings is 1. The summed E-state index contributed by atoms with van der Waals surface area (Å²) in [4.78, 5) is 10.7. The summed E-state index contributed by atoms with van der Waals surface area (Å²) >= 11 is 6.19. The largest absolute Gasteiger partial charge is 0.467 e. The van der Waals surface area contributed by atoms with Gasteiger partial charge in [-0.1, -0.05) is 18.5 Å². The maximum atomic E-state index is 6.19. The average molecular weight is 256 g/mol. The molecule has 1 aromatic heterocycles. The van der Waals surface area contributed by atoms with Gasteiger partial charge in [0.2, 0.25) is 0 Å². The second-order valence-corrected chi connectivity index (χ2v) is 4.69. The van der Waals surface area contributed by atoms with Crippen molar-refractivity contribution in [3.8, 4) is 6.01 Å². The van der Waals surface area contributed by atoms with Crippen molar-refractivity contribution in [3.63, 3.8) is 0 Å². The molecule has 0 N–H and O–H groups in total. The highest BCUT2D eigenvalue weighted by Gasteiger charge is 2.24. The summed E-state index contributed by atoms with van der Waals surface area (Å²) in [6.45, 7) is 3.22. The molecule has 0 aliphatic carbocycles. The Labute approximate surface area is 107 Å². The normalized spacial score (nSPS) is 20.4.